The Labute approximate surface area is 164 Å². The molecule has 2 aromatic rings. The zero-order valence-electron chi connectivity index (χ0n) is 16.2. The summed E-state index contributed by atoms with van der Waals surface area (Å²) in [5.41, 5.74) is 4.59. The Morgan fingerprint density at radius 1 is 1.00 bits per heavy atom. The number of hydrogen-bond donors (Lipinski definition) is 2. The molecular formula is C23H25NO4. The third-order valence-electron chi connectivity index (χ3n) is 6.73. The minimum absolute atomic E-state index is 0.0351. The lowest BCUT2D eigenvalue weighted by Crippen LogP contribution is -2.53. The van der Waals surface area contributed by atoms with Gasteiger partial charge in [-0.3, -0.25) is 4.90 Å². The van der Waals surface area contributed by atoms with Gasteiger partial charge in [0.1, 0.15) is 0 Å². The van der Waals surface area contributed by atoms with Crippen molar-refractivity contribution in [3.63, 3.8) is 0 Å². The first-order valence-corrected chi connectivity index (χ1v) is 9.80. The van der Waals surface area contributed by atoms with Crippen LogP contribution in [0.15, 0.2) is 36.4 Å². The van der Waals surface area contributed by atoms with Crippen molar-refractivity contribution in [1.29, 1.82) is 0 Å². The molecule has 5 rings (SSSR count). The number of phenolic OH excluding ortho intramolecular Hbond substituents is 2. The third kappa shape index (κ3) is 2.23. The number of phenols is 2. The molecule has 3 aliphatic rings. The molecule has 0 saturated carbocycles. The highest BCUT2D eigenvalue weighted by atomic mass is 16.5. The number of fused-ring (bicyclic) bond motifs is 6. The van der Waals surface area contributed by atoms with Gasteiger partial charge in [-0.2, -0.15) is 0 Å². The normalized spacial score (nSPS) is 21.9. The van der Waals surface area contributed by atoms with Crippen LogP contribution in [-0.4, -0.2) is 35.9 Å². The average Bonchev–Trinajstić information content (AvgIpc) is 3.18. The molecular weight excluding hydrogens is 354 g/mol. The highest BCUT2D eigenvalue weighted by Crippen LogP contribution is 2.57. The summed E-state index contributed by atoms with van der Waals surface area (Å²) in [7, 11) is 3.40. The first-order chi connectivity index (χ1) is 13.6. The molecule has 0 aromatic heterocycles. The fourth-order valence-corrected chi connectivity index (χ4v) is 5.54. The molecule has 5 nitrogen and oxygen atoms in total. The number of hydrogen-bond acceptors (Lipinski definition) is 5. The minimum atomic E-state index is -0.163. The Kier molecular flexibility index (Phi) is 3.85. The Morgan fingerprint density at radius 2 is 1.75 bits per heavy atom. The van der Waals surface area contributed by atoms with E-state index in [2.05, 4.69) is 23.1 Å². The van der Waals surface area contributed by atoms with Crippen molar-refractivity contribution in [2.75, 3.05) is 20.8 Å². The first-order valence-electron chi connectivity index (χ1n) is 9.80. The van der Waals surface area contributed by atoms with Crippen molar-refractivity contribution in [3.05, 3.63) is 58.7 Å². The van der Waals surface area contributed by atoms with Gasteiger partial charge < -0.3 is 19.7 Å². The zero-order chi connectivity index (χ0) is 19.5. The lowest BCUT2D eigenvalue weighted by Gasteiger charge is -2.53. The van der Waals surface area contributed by atoms with Crippen LogP contribution >= 0.6 is 0 Å². The van der Waals surface area contributed by atoms with Crippen LogP contribution in [0.2, 0.25) is 0 Å². The van der Waals surface area contributed by atoms with Gasteiger partial charge in [-0.25, -0.2) is 0 Å². The van der Waals surface area contributed by atoms with Crippen molar-refractivity contribution in [2.24, 2.45) is 0 Å². The van der Waals surface area contributed by atoms with Crippen molar-refractivity contribution in [2.45, 2.75) is 37.3 Å². The van der Waals surface area contributed by atoms with Crippen molar-refractivity contribution in [1.82, 2.24) is 4.90 Å². The molecule has 1 aliphatic carbocycles. The number of methoxy groups -OCH3 is 2. The molecule has 2 N–H and O–H groups in total. The quantitative estimate of drug-likeness (QED) is 0.614. The Bertz CT molecular complexity index is 973. The Hall–Kier alpha value is -2.66. The van der Waals surface area contributed by atoms with Gasteiger partial charge in [0.05, 0.1) is 19.8 Å². The summed E-state index contributed by atoms with van der Waals surface area (Å²) in [6.07, 6.45) is 8.07. The molecule has 5 heteroatoms. The van der Waals surface area contributed by atoms with E-state index in [1.807, 2.05) is 6.07 Å². The molecule has 1 atom stereocenters. The first kappa shape index (κ1) is 17.4. The number of rotatable bonds is 2. The summed E-state index contributed by atoms with van der Waals surface area (Å²) < 4.78 is 11.5. The SMILES string of the molecule is COc1ccc2c(c1OC)C1(CC=CC1)N1CCc3cc(O)c(O)cc3C1C2. The van der Waals surface area contributed by atoms with Crippen LogP contribution in [0.25, 0.3) is 0 Å². The van der Waals surface area contributed by atoms with Gasteiger partial charge in [0.15, 0.2) is 23.0 Å². The van der Waals surface area contributed by atoms with Crippen LogP contribution in [0.5, 0.6) is 23.0 Å². The van der Waals surface area contributed by atoms with Crippen LogP contribution in [-0.2, 0) is 18.4 Å². The van der Waals surface area contributed by atoms with Crippen molar-refractivity contribution in [3.8, 4) is 23.0 Å². The molecule has 2 aromatic carbocycles. The van der Waals surface area contributed by atoms with Gasteiger partial charge in [0.25, 0.3) is 0 Å². The van der Waals surface area contributed by atoms with Crippen LogP contribution in [0.4, 0.5) is 0 Å². The molecule has 0 saturated heterocycles. The van der Waals surface area contributed by atoms with E-state index < -0.39 is 0 Å². The van der Waals surface area contributed by atoms with Gasteiger partial charge in [-0.1, -0.05) is 18.2 Å². The summed E-state index contributed by atoms with van der Waals surface area (Å²) in [5, 5.41) is 20.1. The van der Waals surface area contributed by atoms with Crippen LogP contribution in [0.1, 0.15) is 41.1 Å². The molecule has 0 bridgehead atoms. The molecule has 2 aliphatic heterocycles. The van der Waals surface area contributed by atoms with Crippen LogP contribution < -0.4 is 9.47 Å². The Balaban J connectivity index is 1.73. The van der Waals surface area contributed by atoms with E-state index in [0.29, 0.717) is 0 Å². The summed E-state index contributed by atoms with van der Waals surface area (Å²) in [6.45, 7) is 0.906. The van der Waals surface area contributed by atoms with E-state index in [-0.39, 0.29) is 23.1 Å². The fraction of sp³-hybridized carbons (Fsp3) is 0.391. The number of ether oxygens (including phenoxy) is 2. The number of benzene rings is 2. The van der Waals surface area contributed by atoms with Gasteiger partial charge in [-0.15, -0.1) is 0 Å². The number of aromatic hydroxyl groups is 2. The maximum Gasteiger partial charge on any atom is 0.166 e. The van der Waals surface area contributed by atoms with E-state index in [1.54, 1.807) is 26.4 Å². The zero-order valence-corrected chi connectivity index (χ0v) is 16.2. The smallest absolute Gasteiger partial charge is 0.166 e. The topological polar surface area (TPSA) is 62.2 Å². The standard InChI is InChI=1S/C23H25NO4/c1-27-20-6-5-15-11-17-16-13-19(26)18(25)12-14(16)7-10-24(17)23(8-3-4-9-23)21(15)22(20)28-2/h3-6,12-13,17,25-26H,7-11H2,1-2H3. The van der Waals surface area contributed by atoms with Gasteiger partial charge in [0, 0.05) is 18.2 Å². The Morgan fingerprint density at radius 3 is 2.46 bits per heavy atom. The van der Waals surface area contributed by atoms with E-state index >= 15 is 0 Å². The minimum Gasteiger partial charge on any atom is -0.504 e. The molecule has 0 amide bonds. The van der Waals surface area contributed by atoms with Gasteiger partial charge >= 0.3 is 0 Å². The monoisotopic (exact) mass is 379 g/mol. The predicted octanol–water partition coefficient (Wildman–Crippen LogP) is 3.82. The second kappa shape index (κ2) is 6.17. The summed E-state index contributed by atoms with van der Waals surface area (Å²) in [4.78, 5) is 2.58. The van der Waals surface area contributed by atoms with Gasteiger partial charge in [0.2, 0.25) is 0 Å². The van der Waals surface area contributed by atoms with Crippen molar-refractivity contribution >= 4 is 0 Å². The molecule has 146 valence electrons. The molecule has 2 heterocycles. The van der Waals surface area contributed by atoms with E-state index in [9.17, 15) is 10.2 Å². The molecule has 1 unspecified atom stereocenters. The summed E-state index contributed by atoms with van der Waals surface area (Å²) in [6, 6.07) is 7.79. The van der Waals surface area contributed by atoms with Crippen LogP contribution in [0.3, 0.4) is 0 Å². The number of nitrogens with zero attached hydrogens (tertiary/aromatic N) is 1. The molecule has 0 radical (unpaired) electrons. The largest absolute Gasteiger partial charge is 0.504 e. The molecule has 0 fully saturated rings. The molecule has 1 spiro atoms. The maximum absolute atomic E-state index is 10.2. The van der Waals surface area contributed by atoms with Crippen LogP contribution in [0, 0.1) is 0 Å². The lowest BCUT2D eigenvalue weighted by molar-refractivity contribution is 0.0227. The second-order valence-electron chi connectivity index (χ2n) is 7.95. The highest BCUT2D eigenvalue weighted by molar-refractivity contribution is 5.58. The summed E-state index contributed by atoms with van der Waals surface area (Å²) in [5.74, 6) is 1.52. The van der Waals surface area contributed by atoms with E-state index in [0.717, 1.165) is 54.9 Å². The van der Waals surface area contributed by atoms with Gasteiger partial charge in [-0.05, 0) is 60.6 Å². The predicted molar refractivity (Wildman–Crippen MR) is 106 cm³/mol. The fourth-order valence-electron chi connectivity index (χ4n) is 5.54. The lowest BCUT2D eigenvalue weighted by atomic mass is 9.72. The second-order valence-corrected chi connectivity index (χ2v) is 7.95. The molecule has 28 heavy (non-hydrogen) atoms. The van der Waals surface area contributed by atoms with E-state index in [4.69, 9.17) is 9.47 Å². The van der Waals surface area contributed by atoms with E-state index in [1.165, 1.54) is 11.1 Å². The highest BCUT2D eigenvalue weighted by Gasteiger charge is 2.50. The maximum atomic E-state index is 10.2. The third-order valence-corrected chi connectivity index (χ3v) is 6.73. The average molecular weight is 379 g/mol. The van der Waals surface area contributed by atoms with Crippen molar-refractivity contribution < 1.29 is 19.7 Å². The summed E-state index contributed by atoms with van der Waals surface area (Å²) >= 11 is 0.